The molecule has 2 aromatic rings. The summed E-state index contributed by atoms with van der Waals surface area (Å²) in [6, 6.07) is 9.65. The third-order valence-corrected chi connectivity index (χ3v) is 7.17. The third-order valence-electron chi connectivity index (χ3n) is 7.17. The van der Waals surface area contributed by atoms with E-state index in [-0.39, 0.29) is 5.91 Å². The largest absolute Gasteiger partial charge is 0.352 e. The van der Waals surface area contributed by atoms with E-state index in [0.29, 0.717) is 56.0 Å². The first-order chi connectivity index (χ1) is 16.8. The fourth-order valence-electron chi connectivity index (χ4n) is 5.02. The van der Waals surface area contributed by atoms with E-state index in [1.165, 1.54) is 11.0 Å². The number of nitrogens with zero attached hydrogens (tertiary/aromatic N) is 2. The number of halogens is 1. The highest BCUT2D eigenvalue weighted by Crippen LogP contribution is 2.26. The van der Waals surface area contributed by atoms with Gasteiger partial charge in [-0.15, -0.1) is 0 Å². The minimum atomic E-state index is -0.775. The summed E-state index contributed by atoms with van der Waals surface area (Å²) < 4.78 is 14.6. The quantitative estimate of drug-likeness (QED) is 0.531. The fraction of sp³-hybridized carbons (Fsp3) is 0.444. The Balaban J connectivity index is 1.37. The molecule has 0 aliphatic carbocycles. The molecule has 0 saturated carbocycles. The van der Waals surface area contributed by atoms with Crippen molar-refractivity contribution in [3.05, 3.63) is 70.3 Å². The lowest BCUT2D eigenvalue weighted by Gasteiger charge is -2.30. The van der Waals surface area contributed by atoms with Crippen LogP contribution in [-0.2, 0) is 29.1 Å². The van der Waals surface area contributed by atoms with E-state index < -0.39 is 11.7 Å². The summed E-state index contributed by atoms with van der Waals surface area (Å²) in [5.41, 5.74) is 11.0. The van der Waals surface area contributed by atoms with Gasteiger partial charge in [-0.2, -0.15) is 0 Å². The molecule has 2 unspecified atom stereocenters. The van der Waals surface area contributed by atoms with Gasteiger partial charge in [0, 0.05) is 50.0 Å². The maximum atomic E-state index is 14.6. The van der Waals surface area contributed by atoms with Crippen molar-refractivity contribution in [2.24, 2.45) is 5.92 Å². The topological polar surface area (TPSA) is 86.4 Å². The Bertz CT molecular complexity index is 1090. The van der Waals surface area contributed by atoms with Crippen molar-refractivity contribution < 1.29 is 14.0 Å². The Morgan fingerprint density at radius 2 is 1.91 bits per heavy atom. The highest BCUT2D eigenvalue weighted by atomic mass is 19.1. The second-order valence-corrected chi connectivity index (χ2v) is 9.55. The standard InChI is InChI=1S/C27H34FN5O2/c1-17-24(15-30-26(34)10-9-22-18(2)31-32-19(22)3)23-11-12-33(16-21(23)14-29-17)27(35)25(28)13-20-7-5-4-6-8-20/h4-8,13-14,18-19,22,31-32H,9-12,15-16H2,1-3H3,(H,30,34)/b25-13-. The summed E-state index contributed by atoms with van der Waals surface area (Å²) in [4.78, 5) is 31.3. The second kappa shape index (κ2) is 11.1. The van der Waals surface area contributed by atoms with E-state index in [0.717, 1.165) is 28.8 Å². The summed E-state index contributed by atoms with van der Waals surface area (Å²) in [5, 5.41) is 3.05. The molecule has 8 heteroatoms. The lowest BCUT2D eigenvalue weighted by Crippen LogP contribution is -2.37. The van der Waals surface area contributed by atoms with Crippen LogP contribution in [-0.4, -0.2) is 40.3 Å². The van der Waals surface area contributed by atoms with E-state index in [1.54, 1.807) is 30.5 Å². The van der Waals surface area contributed by atoms with Crippen molar-refractivity contribution in [2.75, 3.05) is 6.54 Å². The second-order valence-electron chi connectivity index (χ2n) is 9.55. The van der Waals surface area contributed by atoms with Crippen molar-refractivity contribution in [1.29, 1.82) is 0 Å². The predicted molar refractivity (Wildman–Crippen MR) is 133 cm³/mol. The van der Waals surface area contributed by atoms with Gasteiger partial charge in [-0.3, -0.25) is 25.4 Å². The molecule has 7 nitrogen and oxygen atoms in total. The van der Waals surface area contributed by atoms with Gasteiger partial charge in [0.15, 0.2) is 5.83 Å². The molecule has 3 heterocycles. The van der Waals surface area contributed by atoms with Gasteiger partial charge in [0.25, 0.3) is 5.91 Å². The van der Waals surface area contributed by atoms with Crippen LogP contribution in [0.4, 0.5) is 4.39 Å². The van der Waals surface area contributed by atoms with Crippen LogP contribution in [0.1, 0.15) is 54.6 Å². The molecular weight excluding hydrogens is 445 g/mol. The molecular formula is C27H34FN5O2. The minimum absolute atomic E-state index is 0.0223. The van der Waals surface area contributed by atoms with Crippen LogP contribution in [0.25, 0.3) is 6.08 Å². The van der Waals surface area contributed by atoms with Gasteiger partial charge in [-0.25, -0.2) is 4.39 Å². The number of hydrogen-bond acceptors (Lipinski definition) is 5. The molecule has 1 aromatic carbocycles. The molecule has 1 aromatic heterocycles. The molecule has 1 saturated heterocycles. The third kappa shape index (κ3) is 5.94. The van der Waals surface area contributed by atoms with E-state index >= 15 is 0 Å². The minimum Gasteiger partial charge on any atom is -0.352 e. The number of carbonyl (C=O) groups excluding carboxylic acids is 2. The van der Waals surface area contributed by atoms with Gasteiger partial charge in [0.05, 0.1) is 0 Å². The van der Waals surface area contributed by atoms with Crippen molar-refractivity contribution in [1.82, 2.24) is 26.1 Å². The maximum Gasteiger partial charge on any atom is 0.282 e. The fourth-order valence-corrected chi connectivity index (χ4v) is 5.02. The predicted octanol–water partition coefficient (Wildman–Crippen LogP) is 3.18. The summed E-state index contributed by atoms with van der Waals surface area (Å²) in [6.07, 6.45) is 4.92. The Morgan fingerprint density at radius 1 is 1.20 bits per heavy atom. The summed E-state index contributed by atoms with van der Waals surface area (Å²) in [7, 11) is 0. The van der Waals surface area contributed by atoms with Gasteiger partial charge < -0.3 is 10.2 Å². The SMILES string of the molecule is Cc1ncc2c(c1CNC(=O)CCC1C(C)NNC1C)CCN(C(=O)/C(F)=C/c1ccccc1)C2. The van der Waals surface area contributed by atoms with Gasteiger partial charge in [0.2, 0.25) is 5.91 Å². The zero-order valence-corrected chi connectivity index (χ0v) is 20.6. The molecule has 3 N–H and O–H groups in total. The lowest BCUT2D eigenvalue weighted by atomic mass is 9.91. The highest BCUT2D eigenvalue weighted by Gasteiger charge is 2.30. The van der Waals surface area contributed by atoms with Crippen LogP contribution in [0.5, 0.6) is 0 Å². The molecule has 2 amide bonds. The average molecular weight is 480 g/mol. The number of aryl methyl sites for hydroxylation is 1. The Hall–Kier alpha value is -3.10. The van der Waals surface area contributed by atoms with E-state index in [1.807, 2.05) is 13.0 Å². The van der Waals surface area contributed by atoms with Crippen LogP contribution in [0.15, 0.2) is 42.4 Å². The maximum absolute atomic E-state index is 14.6. The number of hydrazine groups is 1. The van der Waals surface area contributed by atoms with Crippen molar-refractivity contribution in [3.63, 3.8) is 0 Å². The van der Waals surface area contributed by atoms with Gasteiger partial charge in [-0.1, -0.05) is 30.3 Å². The Morgan fingerprint density at radius 3 is 2.63 bits per heavy atom. The molecule has 4 rings (SSSR count). The number of benzene rings is 1. The number of nitrogens with one attached hydrogen (secondary N) is 3. The Labute approximate surface area is 206 Å². The number of pyridine rings is 1. The molecule has 0 radical (unpaired) electrons. The zero-order chi connectivity index (χ0) is 24.9. The Kier molecular flexibility index (Phi) is 7.93. The van der Waals surface area contributed by atoms with Crippen LogP contribution < -0.4 is 16.2 Å². The summed E-state index contributed by atoms with van der Waals surface area (Å²) in [5.74, 6) is -0.958. The van der Waals surface area contributed by atoms with Crippen LogP contribution in [0, 0.1) is 12.8 Å². The molecule has 0 bridgehead atoms. The van der Waals surface area contributed by atoms with Crippen LogP contribution >= 0.6 is 0 Å². The summed E-state index contributed by atoms with van der Waals surface area (Å²) >= 11 is 0. The zero-order valence-electron chi connectivity index (χ0n) is 20.6. The number of carbonyl (C=O) groups is 2. The number of rotatable bonds is 7. The van der Waals surface area contributed by atoms with Crippen molar-refractivity contribution in [3.8, 4) is 0 Å². The number of aromatic nitrogens is 1. The smallest absolute Gasteiger partial charge is 0.282 e. The van der Waals surface area contributed by atoms with E-state index in [2.05, 4.69) is 35.0 Å². The molecule has 35 heavy (non-hydrogen) atoms. The van der Waals surface area contributed by atoms with Crippen LogP contribution in [0.3, 0.4) is 0 Å². The average Bonchev–Trinajstić information content (AvgIpc) is 3.18. The van der Waals surface area contributed by atoms with E-state index in [9.17, 15) is 14.0 Å². The highest BCUT2D eigenvalue weighted by molar-refractivity contribution is 5.95. The molecule has 2 aliphatic rings. The van der Waals surface area contributed by atoms with Gasteiger partial charge in [0.1, 0.15) is 0 Å². The molecule has 186 valence electrons. The lowest BCUT2D eigenvalue weighted by molar-refractivity contribution is -0.129. The number of amides is 2. The normalized spacial score (nSPS) is 22.1. The monoisotopic (exact) mass is 479 g/mol. The summed E-state index contributed by atoms with van der Waals surface area (Å²) in [6.45, 7) is 7.31. The molecule has 2 atom stereocenters. The molecule has 1 fully saturated rings. The first kappa shape index (κ1) is 25.0. The first-order valence-electron chi connectivity index (χ1n) is 12.3. The van der Waals surface area contributed by atoms with Crippen molar-refractivity contribution in [2.45, 2.75) is 65.2 Å². The van der Waals surface area contributed by atoms with E-state index in [4.69, 9.17) is 0 Å². The first-order valence-corrected chi connectivity index (χ1v) is 12.3. The van der Waals surface area contributed by atoms with Gasteiger partial charge in [-0.05, 0) is 67.9 Å². The van der Waals surface area contributed by atoms with Crippen molar-refractivity contribution >= 4 is 17.9 Å². The molecule has 2 aliphatic heterocycles. The van der Waals surface area contributed by atoms with Crippen LogP contribution in [0.2, 0.25) is 0 Å². The van der Waals surface area contributed by atoms with Gasteiger partial charge >= 0.3 is 0 Å². The number of hydrogen-bond donors (Lipinski definition) is 3. The molecule has 0 spiro atoms. The number of fused-ring (bicyclic) bond motifs is 1.